The lowest BCUT2D eigenvalue weighted by Gasteiger charge is -2.31. The number of amides is 2. The van der Waals surface area contributed by atoms with Gasteiger partial charge in [-0.15, -0.1) is 0 Å². The molecule has 0 radical (unpaired) electrons. The second-order valence-electron chi connectivity index (χ2n) is 7.27. The molecule has 2 aliphatic rings. The molecule has 3 atom stereocenters. The summed E-state index contributed by atoms with van der Waals surface area (Å²) in [7, 11) is 0. The summed E-state index contributed by atoms with van der Waals surface area (Å²) in [5.41, 5.74) is 1.03. The van der Waals surface area contributed by atoms with E-state index >= 15 is 0 Å². The van der Waals surface area contributed by atoms with Crippen LogP contribution in [0.15, 0.2) is 24.3 Å². The smallest absolute Gasteiger partial charge is 0.315 e. The third kappa shape index (κ3) is 4.84. The van der Waals surface area contributed by atoms with Crippen molar-refractivity contribution in [1.29, 1.82) is 0 Å². The molecule has 0 spiro atoms. The van der Waals surface area contributed by atoms with Crippen LogP contribution in [-0.4, -0.2) is 43.4 Å². The molecule has 1 aromatic rings. The minimum Gasteiger partial charge on any atom is -0.396 e. The number of hydrogen-bond acceptors (Lipinski definition) is 3. The lowest BCUT2D eigenvalue weighted by Crippen LogP contribution is -2.48. The molecule has 5 nitrogen and oxygen atoms in total. The van der Waals surface area contributed by atoms with Crippen LogP contribution in [0, 0.1) is 17.7 Å². The first-order valence-electron chi connectivity index (χ1n) is 9.31. The van der Waals surface area contributed by atoms with Crippen molar-refractivity contribution in [2.24, 2.45) is 11.8 Å². The molecule has 1 aromatic carbocycles. The summed E-state index contributed by atoms with van der Waals surface area (Å²) in [5, 5.41) is 15.4. The summed E-state index contributed by atoms with van der Waals surface area (Å²) in [4.78, 5) is 14.4. The fourth-order valence-electron chi connectivity index (χ4n) is 3.96. The number of nitrogens with one attached hydrogen (secondary N) is 2. The van der Waals surface area contributed by atoms with Gasteiger partial charge in [0, 0.05) is 43.9 Å². The third-order valence-corrected chi connectivity index (χ3v) is 5.49. The van der Waals surface area contributed by atoms with Crippen LogP contribution in [0.3, 0.4) is 0 Å². The van der Waals surface area contributed by atoms with Crippen LogP contribution >= 0.6 is 0 Å². The zero-order chi connectivity index (χ0) is 17.6. The zero-order valence-electron chi connectivity index (χ0n) is 14.6. The number of carbonyl (C=O) groups excluding carboxylic acids is 1. The molecule has 2 amide bonds. The molecule has 0 aromatic heterocycles. The molecule has 3 unspecified atom stereocenters. The molecule has 6 heteroatoms. The maximum absolute atomic E-state index is 13.0. The summed E-state index contributed by atoms with van der Waals surface area (Å²) in [6, 6.07) is 6.52. The van der Waals surface area contributed by atoms with Gasteiger partial charge in [-0.1, -0.05) is 12.8 Å². The minimum atomic E-state index is -0.221. The minimum absolute atomic E-state index is 0.0815. The standard InChI is InChI=1S/C19H28FN3O2/c20-16-5-7-17(8-6-16)23-10-9-14(12-23)11-21-19(25)22-18-4-2-1-3-15(18)13-24/h5-8,14-15,18,24H,1-4,9-13H2,(H2,21,22,25). The van der Waals surface area contributed by atoms with Crippen LogP contribution in [0.5, 0.6) is 0 Å². The van der Waals surface area contributed by atoms with Gasteiger partial charge in [-0.05, 0) is 49.4 Å². The number of rotatable bonds is 5. The Hall–Kier alpha value is -1.82. The molecule has 2 fully saturated rings. The van der Waals surface area contributed by atoms with Crippen molar-refractivity contribution in [2.75, 3.05) is 31.1 Å². The van der Waals surface area contributed by atoms with E-state index in [9.17, 15) is 14.3 Å². The Balaban J connectivity index is 1.41. The Bertz CT molecular complexity index is 566. The molecule has 0 bridgehead atoms. The lowest BCUT2D eigenvalue weighted by molar-refractivity contribution is 0.153. The summed E-state index contributed by atoms with van der Waals surface area (Å²) >= 11 is 0. The highest BCUT2D eigenvalue weighted by Gasteiger charge is 2.27. The number of anilines is 1. The number of urea groups is 1. The molecule has 138 valence electrons. The van der Waals surface area contributed by atoms with E-state index in [-0.39, 0.29) is 30.4 Å². The predicted molar refractivity (Wildman–Crippen MR) is 96.1 cm³/mol. The maximum atomic E-state index is 13.0. The number of carbonyl (C=O) groups is 1. The first kappa shape index (κ1) is 18.0. The normalized spacial score (nSPS) is 26.5. The maximum Gasteiger partial charge on any atom is 0.315 e. The van der Waals surface area contributed by atoms with Gasteiger partial charge in [-0.2, -0.15) is 0 Å². The third-order valence-electron chi connectivity index (χ3n) is 5.49. The second-order valence-corrected chi connectivity index (χ2v) is 7.27. The van der Waals surface area contributed by atoms with E-state index in [1.807, 2.05) is 0 Å². The number of nitrogens with zero attached hydrogens (tertiary/aromatic N) is 1. The molecule has 1 aliphatic heterocycles. The Morgan fingerprint density at radius 2 is 1.96 bits per heavy atom. The van der Waals surface area contributed by atoms with Crippen molar-refractivity contribution in [1.82, 2.24) is 10.6 Å². The van der Waals surface area contributed by atoms with E-state index in [4.69, 9.17) is 0 Å². The van der Waals surface area contributed by atoms with Crippen LogP contribution in [0.2, 0.25) is 0 Å². The average molecular weight is 349 g/mol. The van der Waals surface area contributed by atoms with Crippen molar-refractivity contribution < 1.29 is 14.3 Å². The van der Waals surface area contributed by atoms with E-state index in [1.165, 1.54) is 12.1 Å². The van der Waals surface area contributed by atoms with Crippen molar-refractivity contribution in [3.8, 4) is 0 Å². The van der Waals surface area contributed by atoms with Gasteiger partial charge in [0.15, 0.2) is 0 Å². The Labute approximate surface area is 148 Å². The highest BCUT2D eigenvalue weighted by molar-refractivity contribution is 5.74. The van der Waals surface area contributed by atoms with Gasteiger partial charge in [0.05, 0.1) is 0 Å². The molecular weight excluding hydrogens is 321 g/mol. The number of aliphatic hydroxyl groups excluding tert-OH is 1. The highest BCUT2D eigenvalue weighted by atomic mass is 19.1. The van der Waals surface area contributed by atoms with E-state index in [0.717, 1.165) is 50.9 Å². The highest BCUT2D eigenvalue weighted by Crippen LogP contribution is 2.25. The van der Waals surface area contributed by atoms with Crippen LogP contribution in [0.4, 0.5) is 14.9 Å². The summed E-state index contributed by atoms with van der Waals surface area (Å²) < 4.78 is 13.0. The van der Waals surface area contributed by atoms with E-state index in [0.29, 0.717) is 12.5 Å². The fraction of sp³-hybridized carbons (Fsp3) is 0.632. The quantitative estimate of drug-likeness (QED) is 0.765. The number of benzene rings is 1. The lowest BCUT2D eigenvalue weighted by atomic mass is 9.85. The monoisotopic (exact) mass is 349 g/mol. The molecule has 3 N–H and O–H groups in total. The van der Waals surface area contributed by atoms with Crippen LogP contribution < -0.4 is 15.5 Å². The topological polar surface area (TPSA) is 64.6 Å². The average Bonchev–Trinajstić information content (AvgIpc) is 3.10. The number of hydrogen-bond donors (Lipinski definition) is 3. The van der Waals surface area contributed by atoms with Crippen molar-refractivity contribution >= 4 is 11.7 Å². The van der Waals surface area contributed by atoms with Crippen molar-refractivity contribution in [3.63, 3.8) is 0 Å². The first-order valence-corrected chi connectivity index (χ1v) is 9.31. The second kappa shape index (κ2) is 8.52. The summed E-state index contributed by atoms with van der Waals surface area (Å²) in [6.07, 6.45) is 5.18. The van der Waals surface area contributed by atoms with E-state index in [1.54, 1.807) is 12.1 Å². The molecule has 25 heavy (non-hydrogen) atoms. The SMILES string of the molecule is O=C(NCC1CCN(c2ccc(F)cc2)C1)NC1CCCCC1CO. The van der Waals surface area contributed by atoms with Crippen molar-refractivity contribution in [2.45, 2.75) is 38.1 Å². The van der Waals surface area contributed by atoms with Crippen LogP contribution in [0.25, 0.3) is 0 Å². The molecule has 3 rings (SSSR count). The zero-order valence-corrected chi connectivity index (χ0v) is 14.6. The van der Waals surface area contributed by atoms with Gasteiger partial charge in [-0.3, -0.25) is 0 Å². The number of aliphatic hydroxyl groups is 1. The van der Waals surface area contributed by atoms with Crippen LogP contribution in [0.1, 0.15) is 32.1 Å². The van der Waals surface area contributed by atoms with Crippen molar-refractivity contribution in [3.05, 3.63) is 30.1 Å². The van der Waals surface area contributed by atoms with Gasteiger partial charge < -0.3 is 20.6 Å². The van der Waals surface area contributed by atoms with Crippen LogP contribution in [-0.2, 0) is 0 Å². The van der Waals surface area contributed by atoms with E-state index in [2.05, 4.69) is 15.5 Å². The molecule has 1 saturated heterocycles. The van der Waals surface area contributed by atoms with Gasteiger partial charge >= 0.3 is 6.03 Å². The van der Waals surface area contributed by atoms with Gasteiger partial charge in [0.1, 0.15) is 5.82 Å². The van der Waals surface area contributed by atoms with Gasteiger partial charge in [0.25, 0.3) is 0 Å². The Morgan fingerprint density at radius 3 is 2.72 bits per heavy atom. The Morgan fingerprint density at radius 1 is 1.20 bits per heavy atom. The summed E-state index contributed by atoms with van der Waals surface area (Å²) in [5.74, 6) is 0.359. The predicted octanol–water partition coefficient (Wildman–Crippen LogP) is 2.50. The molecule has 1 heterocycles. The summed E-state index contributed by atoms with van der Waals surface area (Å²) in [6.45, 7) is 2.57. The van der Waals surface area contributed by atoms with Gasteiger partial charge in [-0.25, -0.2) is 9.18 Å². The largest absolute Gasteiger partial charge is 0.396 e. The van der Waals surface area contributed by atoms with Gasteiger partial charge in [0.2, 0.25) is 0 Å². The molecule has 1 aliphatic carbocycles. The van der Waals surface area contributed by atoms with E-state index < -0.39 is 0 Å². The Kier molecular flexibility index (Phi) is 6.13. The molecule has 1 saturated carbocycles. The number of halogens is 1. The first-order chi connectivity index (χ1) is 12.2. The molecular formula is C19H28FN3O2. The fourth-order valence-corrected chi connectivity index (χ4v) is 3.96.